The van der Waals surface area contributed by atoms with Gasteiger partial charge in [0.15, 0.2) is 0 Å². The summed E-state index contributed by atoms with van der Waals surface area (Å²) in [6.45, 7) is 1.98. The highest BCUT2D eigenvalue weighted by atomic mass is 16.4. The van der Waals surface area contributed by atoms with Crippen molar-refractivity contribution >= 4 is 5.97 Å². The Balaban J connectivity index is 1.69. The summed E-state index contributed by atoms with van der Waals surface area (Å²) in [6, 6.07) is 15.2. The fraction of sp³-hybridized carbons (Fsp3) is 0.364. The van der Waals surface area contributed by atoms with Crippen molar-refractivity contribution in [3.05, 3.63) is 78.1 Å². The van der Waals surface area contributed by atoms with Gasteiger partial charge in [0.1, 0.15) is 0 Å². The largest absolute Gasteiger partial charge is 0.481 e. The molecular weight excluding hydrogens is 324 g/mol. The number of pyridine rings is 1. The molecule has 0 bridgehead atoms. The van der Waals surface area contributed by atoms with E-state index in [4.69, 9.17) is 5.11 Å². The zero-order valence-corrected chi connectivity index (χ0v) is 15.0. The maximum Gasteiger partial charge on any atom is 0.303 e. The van der Waals surface area contributed by atoms with Gasteiger partial charge in [-0.15, -0.1) is 0 Å². The summed E-state index contributed by atoms with van der Waals surface area (Å²) in [5.41, 5.74) is 2.60. The maximum atomic E-state index is 10.6. The third-order valence-corrected chi connectivity index (χ3v) is 5.01. The number of aliphatic carboxylic acids is 1. The van der Waals surface area contributed by atoms with Crippen LogP contribution in [0.5, 0.6) is 0 Å². The first-order chi connectivity index (χ1) is 12.7. The lowest BCUT2D eigenvalue weighted by Gasteiger charge is -2.28. The molecule has 1 N–H and O–H groups in total. The topological polar surface area (TPSA) is 53.4 Å². The van der Waals surface area contributed by atoms with Gasteiger partial charge < -0.3 is 5.11 Å². The second kappa shape index (κ2) is 9.30. The monoisotopic (exact) mass is 350 g/mol. The van der Waals surface area contributed by atoms with Crippen molar-refractivity contribution in [1.29, 1.82) is 0 Å². The van der Waals surface area contributed by atoms with Crippen molar-refractivity contribution in [3.63, 3.8) is 0 Å². The number of nitrogens with zero attached hydrogens (tertiary/aromatic N) is 2. The van der Waals surface area contributed by atoms with Crippen LogP contribution in [0.3, 0.4) is 0 Å². The van der Waals surface area contributed by atoms with E-state index in [1.54, 1.807) is 0 Å². The molecule has 1 aromatic heterocycles. The Bertz CT molecular complexity index is 715. The minimum absolute atomic E-state index is 0.205. The molecule has 2 atom stereocenters. The van der Waals surface area contributed by atoms with E-state index in [0.29, 0.717) is 18.4 Å². The van der Waals surface area contributed by atoms with E-state index < -0.39 is 5.97 Å². The van der Waals surface area contributed by atoms with Crippen LogP contribution >= 0.6 is 0 Å². The summed E-state index contributed by atoms with van der Waals surface area (Å²) in [5, 5.41) is 8.74. The molecular formula is C22H26N2O2. The Morgan fingerprint density at radius 1 is 1.19 bits per heavy atom. The number of rotatable bonds is 8. The van der Waals surface area contributed by atoms with E-state index >= 15 is 0 Å². The van der Waals surface area contributed by atoms with Crippen LogP contribution in [0, 0.1) is 5.92 Å². The average molecular weight is 350 g/mol. The van der Waals surface area contributed by atoms with Crippen LogP contribution in [0.4, 0.5) is 0 Å². The zero-order valence-electron chi connectivity index (χ0n) is 15.0. The van der Waals surface area contributed by atoms with Crippen LogP contribution < -0.4 is 0 Å². The summed E-state index contributed by atoms with van der Waals surface area (Å²) < 4.78 is 0. The molecule has 2 unspecified atom stereocenters. The van der Waals surface area contributed by atoms with Crippen LogP contribution in [-0.4, -0.2) is 27.5 Å². The third kappa shape index (κ3) is 5.02. The van der Waals surface area contributed by atoms with Gasteiger partial charge in [0.2, 0.25) is 0 Å². The van der Waals surface area contributed by atoms with Crippen molar-refractivity contribution in [3.8, 4) is 0 Å². The number of likely N-dealkylation sites (tertiary alicyclic amines) is 1. The highest BCUT2D eigenvalue weighted by Crippen LogP contribution is 2.40. The van der Waals surface area contributed by atoms with Crippen molar-refractivity contribution in [2.75, 3.05) is 6.54 Å². The van der Waals surface area contributed by atoms with Crippen LogP contribution in [0.2, 0.25) is 0 Å². The van der Waals surface area contributed by atoms with Crippen molar-refractivity contribution < 1.29 is 9.90 Å². The van der Waals surface area contributed by atoms with Gasteiger partial charge in [0.25, 0.3) is 0 Å². The van der Waals surface area contributed by atoms with E-state index in [9.17, 15) is 4.79 Å². The highest BCUT2D eigenvalue weighted by molar-refractivity contribution is 5.66. The molecule has 4 nitrogen and oxygen atoms in total. The van der Waals surface area contributed by atoms with Gasteiger partial charge in [-0.1, -0.05) is 48.6 Å². The lowest BCUT2D eigenvalue weighted by Crippen LogP contribution is -2.25. The average Bonchev–Trinajstić information content (AvgIpc) is 3.05. The van der Waals surface area contributed by atoms with E-state index in [0.717, 1.165) is 25.9 Å². The van der Waals surface area contributed by atoms with E-state index in [2.05, 4.69) is 52.4 Å². The molecule has 26 heavy (non-hydrogen) atoms. The van der Waals surface area contributed by atoms with Gasteiger partial charge in [0.05, 0.1) is 0 Å². The second-order valence-electron chi connectivity index (χ2n) is 6.88. The van der Waals surface area contributed by atoms with Crippen molar-refractivity contribution in [2.24, 2.45) is 5.92 Å². The van der Waals surface area contributed by atoms with Gasteiger partial charge >= 0.3 is 5.97 Å². The Kier molecular flexibility index (Phi) is 6.56. The minimum atomic E-state index is -0.736. The van der Waals surface area contributed by atoms with E-state index in [1.165, 1.54) is 11.1 Å². The van der Waals surface area contributed by atoms with Gasteiger partial charge in [-0.2, -0.15) is 0 Å². The molecule has 2 aromatic rings. The first kappa shape index (κ1) is 18.3. The van der Waals surface area contributed by atoms with Crippen LogP contribution in [0.25, 0.3) is 0 Å². The molecule has 1 saturated heterocycles. The van der Waals surface area contributed by atoms with Crippen molar-refractivity contribution in [2.45, 2.75) is 38.3 Å². The number of aromatic nitrogens is 1. The van der Waals surface area contributed by atoms with Crippen LogP contribution in [0.15, 0.2) is 67.0 Å². The second-order valence-corrected chi connectivity index (χ2v) is 6.88. The van der Waals surface area contributed by atoms with Crippen LogP contribution in [-0.2, 0) is 11.3 Å². The van der Waals surface area contributed by atoms with Crippen molar-refractivity contribution in [1.82, 2.24) is 9.88 Å². The fourth-order valence-electron chi connectivity index (χ4n) is 3.81. The first-order valence-electron chi connectivity index (χ1n) is 9.28. The fourth-order valence-corrected chi connectivity index (χ4v) is 3.81. The Morgan fingerprint density at radius 2 is 2.04 bits per heavy atom. The van der Waals surface area contributed by atoms with Gasteiger partial charge in [-0.05, 0) is 48.9 Å². The molecule has 1 aromatic carbocycles. The minimum Gasteiger partial charge on any atom is -0.481 e. The summed E-state index contributed by atoms with van der Waals surface area (Å²) in [5.74, 6) is -0.185. The van der Waals surface area contributed by atoms with Crippen LogP contribution in [0.1, 0.15) is 42.9 Å². The predicted molar refractivity (Wildman–Crippen MR) is 103 cm³/mol. The molecule has 0 spiro atoms. The Morgan fingerprint density at radius 3 is 2.77 bits per heavy atom. The summed E-state index contributed by atoms with van der Waals surface area (Å²) in [4.78, 5) is 17.4. The number of carboxylic acids is 1. The molecule has 3 rings (SSSR count). The Labute approximate surface area is 155 Å². The first-order valence-corrected chi connectivity index (χ1v) is 9.28. The van der Waals surface area contributed by atoms with Gasteiger partial charge in [-0.25, -0.2) is 0 Å². The number of carboxylic acid groups (broad SMARTS) is 1. The molecule has 0 radical (unpaired) electrons. The number of benzene rings is 1. The number of hydrogen-bond acceptors (Lipinski definition) is 3. The maximum absolute atomic E-state index is 10.6. The standard InChI is InChI=1S/C22H26N2O2/c25-21(26)12-6-2-5-11-20-13-15-24(17-18-8-7-14-23-16-18)22(20)19-9-3-1-4-10-19/h1-5,7-10,14,16,20,22H,6,11-13,15,17H2,(H,25,26). The molecule has 0 amide bonds. The predicted octanol–water partition coefficient (Wildman–Crippen LogP) is 4.46. The molecule has 2 heterocycles. The molecule has 0 aliphatic carbocycles. The molecule has 1 aliphatic heterocycles. The lowest BCUT2D eigenvalue weighted by molar-refractivity contribution is -0.136. The number of allylic oxidation sites excluding steroid dienone is 2. The molecule has 4 heteroatoms. The molecule has 1 aliphatic rings. The molecule has 1 fully saturated rings. The van der Waals surface area contributed by atoms with E-state index in [1.807, 2.05) is 24.5 Å². The zero-order chi connectivity index (χ0) is 18.2. The van der Waals surface area contributed by atoms with Gasteiger partial charge in [-0.3, -0.25) is 14.7 Å². The smallest absolute Gasteiger partial charge is 0.303 e. The molecule has 136 valence electrons. The normalized spacial score (nSPS) is 20.6. The number of hydrogen-bond donors (Lipinski definition) is 1. The summed E-state index contributed by atoms with van der Waals surface area (Å²) in [6.07, 6.45) is 10.9. The van der Waals surface area contributed by atoms with Gasteiger partial charge in [0, 0.05) is 31.4 Å². The van der Waals surface area contributed by atoms with E-state index in [-0.39, 0.29) is 6.42 Å². The lowest BCUT2D eigenvalue weighted by atomic mass is 9.90. The molecule has 0 saturated carbocycles. The summed E-state index contributed by atoms with van der Waals surface area (Å²) >= 11 is 0. The third-order valence-electron chi connectivity index (χ3n) is 5.01. The number of carbonyl (C=O) groups is 1. The quantitative estimate of drug-likeness (QED) is 0.714. The Hall–Kier alpha value is -2.46. The highest BCUT2D eigenvalue weighted by Gasteiger charge is 2.34. The SMILES string of the molecule is O=C(O)CCC=CCC1CCN(Cc2cccnc2)C1c1ccccc1. The summed E-state index contributed by atoms with van der Waals surface area (Å²) in [7, 11) is 0.